The molecule has 2 aliphatic rings. The second-order valence-electron chi connectivity index (χ2n) is 8.58. The number of hydrogen-bond donors (Lipinski definition) is 2. The lowest BCUT2D eigenvalue weighted by Gasteiger charge is -2.30. The van der Waals surface area contributed by atoms with Gasteiger partial charge < -0.3 is 15.0 Å². The molecule has 0 bridgehead atoms. The van der Waals surface area contributed by atoms with E-state index >= 15 is 0 Å². The number of nitrogens with zero attached hydrogens (tertiary/aromatic N) is 3. The van der Waals surface area contributed by atoms with E-state index in [1.54, 1.807) is 0 Å². The highest BCUT2D eigenvalue weighted by atomic mass is 19.4. The zero-order valence-corrected chi connectivity index (χ0v) is 17.2. The molecule has 2 aromatic heterocycles. The van der Waals surface area contributed by atoms with E-state index in [1.165, 1.54) is 24.4 Å². The van der Waals surface area contributed by atoms with E-state index in [4.69, 9.17) is 0 Å². The first kappa shape index (κ1) is 21.2. The van der Waals surface area contributed by atoms with E-state index in [0.29, 0.717) is 22.3 Å². The van der Waals surface area contributed by atoms with Gasteiger partial charge in [-0.15, -0.1) is 0 Å². The molecule has 5 rings (SSSR count). The number of carbonyl (C=O) groups excluding carboxylic acids is 1. The van der Waals surface area contributed by atoms with Crippen molar-refractivity contribution in [1.82, 2.24) is 14.9 Å². The van der Waals surface area contributed by atoms with Crippen molar-refractivity contribution in [2.24, 2.45) is 0 Å². The van der Waals surface area contributed by atoms with Crippen molar-refractivity contribution in [3.8, 4) is 23.2 Å². The third kappa shape index (κ3) is 3.30. The average molecular weight is 458 g/mol. The molecule has 6 nitrogen and oxygen atoms in total. The number of pyridine rings is 1. The Kier molecular flexibility index (Phi) is 4.64. The van der Waals surface area contributed by atoms with Crippen LogP contribution in [0.2, 0.25) is 0 Å². The molecule has 2 fully saturated rings. The number of nitrogens with one attached hydrogen (secondary N) is 1. The summed E-state index contributed by atoms with van der Waals surface area (Å²) < 4.78 is 55.4. The third-order valence-electron chi connectivity index (χ3n) is 6.54. The molecule has 0 atom stereocenters. The number of hydrogen-bond acceptors (Lipinski definition) is 4. The Morgan fingerprint density at radius 3 is 2.52 bits per heavy atom. The molecule has 3 aromatic rings. The third-order valence-corrected chi connectivity index (χ3v) is 6.54. The second kappa shape index (κ2) is 7.20. The molecule has 1 aromatic carbocycles. The summed E-state index contributed by atoms with van der Waals surface area (Å²) in [6, 6.07) is 7.32. The van der Waals surface area contributed by atoms with Crippen LogP contribution in [0.1, 0.15) is 54.1 Å². The minimum atomic E-state index is -4.53. The molecule has 2 aliphatic carbocycles. The van der Waals surface area contributed by atoms with Crippen molar-refractivity contribution in [3.05, 3.63) is 47.4 Å². The van der Waals surface area contributed by atoms with E-state index in [2.05, 4.69) is 16.4 Å². The zero-order chi connectivity index (χ0) is 23.5. The van der Waals surface area contributed by atoms with Gasteiger partial charge in [-0.25, -0.2) is 4.39 Å². The number of aromatic nitrogens is 2. The summed E-state index contributed by atoms with van der Waals surface area (Å²) in [5.74, 6) is -2.26. The molecule has 10 heteroatoms. The Bertz CT molecular complexity index is 1310. The Morgan fingerprint density at radius 2 is 2.00 bits per heavy atom. The Hall–Kier alpha value is -3.61. The quantitative estimate of drug-likeness (QED) is 0.540. The Morgan fingerprint density at radius 1 is 1.27 bits per heavy atom. The highest BCUT2D eigenvalue weighted by Gasteiger charge is 2.64. The summed E-state index contributed by atoms with van der Waals surface area (Å²) in [5, 5.41) is 22.1. The number of rotatable bonds is 4. The Balaban J connectivity index is 1.56. The predicted molar refractivity (Wildman–Crippen MR) is 110 cm³/mol. The van der Waals surface area contributed by atoms with Gasteiger partial charge in [0.15, 0.2) is 11.6 Å². The lowest BCUT2D eigenvalue weighted by molar-refractivity contribution is -0.163. The molecule has 2 N–H and O–H groups in total. The summed E-state index contributed by atoms with van der Waals surface area (Å²) in [7, 11) is 0. The number of fused-ring (bicyclic) bond motifs is 1. The van der Waals surface area contributed by atoms with Crippen LogP contribution in [0.3, 0.4) is 0 Å². The topological polar surface area (TPSA) is 90.9 Å². The Labute approximate surface area is 185 Å². The van der Waals surface area contributed by atoms with Crippen LogP contribution in [0, 0.1) is 17.1 Å². The van der Waals surface area contributed by atoms with Crippen LogP contribution < -0.4 is 5.32 Å². The van der Waals surface area contributed by atoms with Crippen LogP contribution in [-0.4, -0.2) is 32.3 Å². The first-order valence-electron chi connectivity index (χ1n) is 10.5. The molecule has 0 spiro atoms. The SMILES string of the molecule is N#Cc1c(-c2ccc(C(=O)NC3(C(F)(F)F)CC3)cn2)n(C2CCC2)c2cc(O)c(F)cc12. The molecule has 0 radical (unpaired) electrons. The minimum absolute atomic E-state index is 0.0285. The van der Waals surface area contributed by atoms with Crippen LogP contribution in [-0.2, 0) is 0 Å². The van der Waals surface area contributed by atoms with Crippen molar-refractivity contribution in [1.29, 1.82) is 5.26 Å². The first-order valence-corrected chi connectivity index (χ1v) is 10.5. The smallest absolute Gasteiger partial charge is 0.411 e. The van der Waals surface area contributed by atoms with Gasteiger partial charge in [-0.1, -0.05) is 0 Å². The van der Waals surface area contributed by atoms with Gasteiger partial charge in [-0.05, 0) is 50.3 Å². The molecular weight excluding hydrogens is 440 g/mol. The number of amides is 1. The molecule has 170 valence electrons. The van der Waals surface area contributed by atoms with E-state index in [0.717, 1.165) is 25.3 Å². The van der Waals surface area contributed by atoms with Crippen molar-refractivity contribution in [2.75, 3.05) is 0 Å². The maximum absolute atomic E-state index is 14.1. The summed E-state index contributed by atoms with van der Waals surface area (Å²) in [4.78, 5) is 16.6. The predicted octanol–water partition coefficient (Wildman–Crippen LogP) is 4.97. The van der Waals surface area contributed by atoms with Gasteiger partial charge in [0.05, 0.1) is 28.0 Å². The lowest BCUT2D eigenvalue weighted by Crippen LogP contribution is -2.47. The fourth-order valence-corrected chi connectivity index (χ4v) is 4.27. The van der Waals surface area contributed by atoms with E-state index in [9.17, 15) is 32.7 Å². The van der Waals surface area contributed by atoms with Gasteiger partial charge in [0, 0.05) is 23.7 Å². The van der Waals surface area contributed by atoms with Crippen molar-refractivity contribution < 1.29 is 27.5 Å². The molecule has 0 saturated heterocycles. The van der Waals surface area contributed by atoms with Gasteiger partial charge in [0.2, 0.25) is 0 Å². The normalized spacial score (nSPS) is 17.4. The minimum Gasteiger partial charge on any atom is -0.505 e. The monoisotopic (exact) mass is 458 g/mol. The maximum Gasteiger partial charge on any atom is 0.411 e. The number of benzene rings is 1. The number of aromatic hydroxyl groups is 1. The fraction of sp³-hybridized carbons (Fsp3) is 0.348. The molecule has 2 heterocycles. The number of alkyl halides is 3. The number of halogens is 4. The molecule has 2 saturated carbocycles. The van der Waals surface area contributed by atoms with Crippen LogP contribution in [0.25, 0.3) is 22.3 Å². The van der Waals surface area contributed by atoms with Gasteiger partial charge in [0.1, 0.15) is 11.6 Å². The second-order valence-corrected chi connectivity index (χ2v) is 8.58. The van der Waals surface area contributed by atoms with Gasteiger partial charge in [-0.3, -0.25) is 9.78 Å². The summed E-state index contributed by atoms with van der Waals surface area (Å²) in [6.45, 7) is 0. The van der Waals surface area contributed by atoms with E-state index < -0.39 is 29.2 Å². The molecule has 33 heavy (non-hydrogen) atoms. The fourth-order valence-electron chi connectivity index (χ4n) is 4.27. The zero-order valence-electron chi connectivity index (χ0n) is 17.2. The highest BCUT2D eigenvalue weighted by molar-refractivity contribution is 5.97. The number of nitriles is 1. The van der Waals surface area contributed by atoms with Crippen LogP contribution in [0.15, 0.2) is 30.5 Å². The number of phenolic OH excluding ortho intramolecular Hbond substituents is 1. The van der Waals surface area contributed by atoms with E-state index in [1.807, 2.05) is 4.57 Å². The van der Waals surface area contributed by atoms with Crippen molar-refractivity contribution >= 4 is 16.8 Å². The number of carbonyl (C=O) groups is 1. The summed E-state index contributed by atoms with van der Waals surface area (Å²) in [5.41, 5.74) is -0.808. The van der Waals surface area contributed by atoms with Crippen LogP contribution in [0.4, 0.5) is 17.6 Å². The average Bonchev–Trinajstić information content (AvgIpc) is 3.46. The lowest BCUT2D eigenvalue weighted by atomic mass is 9.92. The first-order chi connectivity index (χ1) is 15.6. The van der Waals surface area contributed by atoms with Crippen LogP contribution in [0.5, 0.6) is 5.75 Å². The molecule has 0 unspecified atom stereocenters. The molecule has 0 aliphatic heterocycles. The largest absolute Gasteiger partial charge is 0.505 e. The van der Waals surface area contributed by atoms with Crippen molar-refractivity contribution in [2.45, 2.75) is 49.9 Å². The highest BCUT2D eigenvalue weighted by Crippen LogP contribution is 2.49. The van der Waals surface area contributed by atoms with Crippen LogP contribution >= 0.6 is 0 Å². The van der Waals surface area contributed by atoms with Gasteiger partial charge >= 0.3 is 6.18 Å². The van der Waals surface area contributed by atoms with Gasteiger partial charge in [-0.2, -0.15) is 18.4 Å². The summed E-state index contributed by atoms with van der Waals surface area (Å²) in [6.07, 6.45) is -1.04. The summed E-state index contributed by atoms with van der Waals surface area (Å²) >= 11 is 0. The molecular formula is C23H18F4N4O2. The standard InChI is InChI=1S/C23H18F4N4O2/c24-16-8-14-15(10-28)20(31(13-2-1-3-13)18(14)9-19(16)32)17-5-4-12(11-29-17)21(33)30-22(6-7-22)23(25,26)27/h4-5,8-9,11,13,32H,1-3,6-7H2,(H,30,33). The number of phenols is 1. The van der Waals surface area contributed by atoms with Crippen molar-refractivity contribution in [3.63, 3.8) is 0 Å². The molecule has 1 amide bonds. The van der Waals surface area contributed by atoms with Gasteiger partial charge in [0.25, 0.3) is 5.91 Å². The maximum atomic E-state index is 14.1. The van der Waals surface area contributed by atoms with E-state index in [-0.39, 0.29) is 30.0 Å².